The average Bonchev–Trinajstić information content (AvgIpc) is 2.32. The molecule has 0 radical (unpaired) electrons. The molecule has 0 aliphatic carbocycles. The molecule has 0 atom stereocenters. The molecule has 0 bridgehead atoms. The third-order valence-corrected chi connectivity index (χ3v) is 3.34. The zero-order chi connectivity index (χ0) is 13.8. The largest absolute Gasteiger partial charge is 0.456 e. The molecular weight excluding hydrogens is 333 g/mol. The van der Waals surface area contributed by atoms with Crippen molar-refractivity contribution >= 4 is 27.5 Å². The first-order valence-electron chi connectivity index (χ1n) is 5.71. The van der Waals surface area contributed by atoms with E-state index in [4.69, 9.17) is 22.1 Å². The van der Waals surface area contributed by atoms with Crippen LogP contribution < -0.4 is 10.5 Å². The minimum atomic E-state index is -0.342. The van der Waals surface area contributed by atoms with Crippen LogP contribution in [0.1, 0.15) is 5.56 Å². The van der Waals surface area contributed by atoms with Crippen molar-refractivity contribution in [1.29, 1.82) is 0 Å². The molecule has 100 valence electrons. The van der Waals surface area contributed by atoms with Gasteiger partial charge in [0.1, 0.15) is 17.3 Å². The van der Waals surface area contributed by atoms with Crippen molar-refractivity contribution in [2.75, 3.05) is 6.54 Å². The molecule has 0 saturated heterocycles. The molecule has 0 spiro atoms. The van der Waals surface area contributed by atoms with Crippen LogP contribution in [0.25, 0.3) is 0 Å². The number of hydrogen-bond acceptors (Lipinski definition) is 2. The van der Waals surface area contributed by atoms with Gasteiger partial charge < -0.3 is 10.5 Å². The van der Waals surface area contributed by atoms with Crippen molar-refractivity contribution in [3.63, 3.8) is 0 Å². The van der Waals surface area contributed by atoms with Crippen molar-refractivity contribution in [3.05, 3.63) is 57.3 Å². The minimum Gasteiger partial charge on any atom is -0.456 e. The zero-order valence-corrected chi connectivity index (χ0v) is 12.3. The lowest BCUT2D eigenvalue weighted by Gasteiger charge is -2.10. The van der Waals surface area contributed by atoms with Crippen LogP contribution in [0.2, 0.25) is 5.02 Å². The molecule has 0 aliphatic heterocycles. The van der Waals surface area contributed by atoms with Gasteiger partial charge in [-0.1, -0.05) is 11.6 Å². The van der Waals surface area contributed by atoms with Crippen LogP contribution in [0.3, 0.4) is 0 Å². The summed E-state index contributed by atoms with van der Waals surface area (Å²) in [6, 6.07) is 9.72. The first-order chi connectivity index (χ1) is 9.08. The molecule has 0 fully saturated rings. The molecule has 2 aromatic rings. The van der Waals surface area contributed by atoms with Gasteiger partial charge in [0, 0.05) is 11.1 Å². The Morgan fingerprint density at radius 2 is 2.00 bits per heavy atom. The molecule has 5 heteroatoms. The molecule has 0 aliphatic rings. The second kappa shape index (κ2) is 6.37. The summed E-state index contributed by atoms with van der Waals surface area (Å²) in [5, 5.41) is 0.599. The third kappa shape index (κ3) is 3.93. The topological polar surface area (TPSA) is 35.2 Å². The van der Waals surface area contributed by atoms with E-state index in [1.807, 2.05) is 0 Å². The Bertz CT molecular complexity index is 592. The van der Waals surface area contributed by atoms with Gasteiger partial charge >= 0.3 is 0 Å². The van der Waals surface area contributed by atoms with Crippen molar-refractivity contribution in [2.45, 2.75) is 6.42 Å². The number of rotatable bonds is 4. The van der Waals surface area contributed by atoms with Crippen LogP contribution in [0.5, 0.6) is 11.5 Å². The fraction of sp³-hybridized carbons (Fsp3) is 0.143. The Labute approximate surface area is 124 Å². The molecule has 2 aromatic carbocycles. The third-order valence-electron chi connectivity index (χ3n) is 2.49. The summed E-state index contributed by atoms with van der Waals surface area (Å²) in [6.45, 7) is 0.466. The van der Waals surface area contributed by atoms with Crippen LogP contribution in [0.4, 0.5) is 4.39 Å². The molecule has 0 heterocycles. The van der Waals surface area contributed by atoms with Gasteiger partial charge in [-0.2, -0.15) is 0 Å². The second-order valence-corrected chi connectivity index (χ2v) is 5.30. The Kier molecular flexibility index (Phi) is 4.80. The smallest absolute Gasteiger partial charge is 0.141 e. The van der Waals surface area contributed by atoms with Gasteiger partial charge in [-0.15, -0.1) is 0 Å². The number of ether oxygens (including phenoxy) is 1. The normalized spacial score (nSPS) is 10.5. The number of nitrogens with two attached hydrogens (primary N) is 1. The lowest BCUT2D eigenvalue weighted by Crippen LogP contribution is -2.03. The summed E-state index contributed by atoms with van der Waals surface area (Å²) in [4.78, 5) is 0. The maximum atomic E-state index is 13.5. The van der Waals surface area contributed by atoms with Gasteiger partial charge in [-0.3, -0.25) is 0 Å². The van der Waals surface area contributed by atoms with Crippen LogP contribution in [0.15, 0.2) is 40.9 Å². The highest BCUT2D eigenvalue weighted by Gasteiger charge is 2.06. The van der Waals surface area contributed by atoms with Crippen molar-refractivity contribution < 1.29 is 9.13 Å². The molecule has 0 amide bonds. The van der Waals surface area contributed by atoms with E-state index in [-0.39, 0.29) is 5.82 Å². The summed E-state index contributed by atoms with van der Waals surface area (Å²) in [7, 11) is 0. The maximum absolute atomic E-state index is 13.5. The Hall–Kier alpha value is -1.10. The van der Waals surface area contributed by atoms with E-state index in [9.17, 15) is 4.39 Å². The monoisotopic (exact) mass is 343 g/mol. The van der Waals surface area contributed by atoms with Gasteiger partial charge in [-0.05, 0) is 64.8 Å². The predicted molar refractivity (Wildman–Crippen MR) is 78.4 cm³/mol. The van der Waals surface area contributed by atoms with Gasteiger partial charge in [0.2, 0.25) is 0 Å². The first kappa shape index (κ1) is 14.3. The van der Waals surface area contributed by atoms with Gasteiger partial charge in [-0.25, -0.2) is 4.39 Å². The van der Waals surface area contributed by atoms with Gasteiger partial charge in [0.15, 0.2) is 0 Å². The quantitative estimate of drug-likeness (QED) is 0.884. The van der Waals surface area contributed by atoms with E-state index >= 15 is 0 Å². The van der Waals surface area contributed by atoms with Gasteiger partial charge in [0.25, 0.3) is 0 Å². The maximum Gasteiger partial charge on any atom is 0.141 e. The van der Waals surface area contributed by atoms with E-state index in [1.165, 1.54) is 12.1 Å². The number of hydrogen-bond donors (Lipinski definition) is 1. The Balaban J connectivity index is 2.27. The Morgan fingerprint density at radius 1 is 1.21 bits per heavy atom. The summed E-state index contributed by atoms with van der Waals surface area (Å²) in [6.07, 6.45) is 0.607. The molecule has 2 rings (SSSR count). The second-order valence-electron chi connectivity index (χ2n) is 4.01. The van der Waals surface area contributed by atoms with Crippen LogP contribution in [-0.2, 0) is 6.42 Å². The van der Waals surface area contributed by atoms with E-state index in [1.54, 1.807) is 24.3 Å². The molecule has 0 aromatic heterocycles. The van der Waals surface area contributed by atoms with E-state index in [0.29, 0.717) is 34.0 Å². The minimum absolute atomic E-state index is 0.342. The molecule has 0 unspecified atom stereocenters. The van der Waals surface area contributed by atoms with Gasteiger partial charge in [0.05, 0.1) is 4.47 Å². The summed E-state index contributed by atoms with van der Waals surface area (Å²) >= 11 is 9.20. The average molecular weight is 345 g/mol. The fourth-order valence-electron chi connectivity index (χ4n) is 1.68. The fourth-order valence-corrected chi connectivity index (χ4v) is 2.44. The van der Waals surface area contributed by atoms with E-state index < -0.39 is 0 Å². The van der Waals surface area contributed by atoms with E-state index in [2.05, 4.69) is 15.9 Å². The van der Waals surface area contributed by atoms with Crippen LogP contribution in [0, 0.1) is 5.82 Å². The van der Waals surface area contributed by atoms with Crippen LogP contribution in [-0.4, -0.2) is 6.54 Å². The summed E-state index contributed by atoms with van der Waals surface area (Å²) < 4.78 is 19.8. The van der Waals surface area contributed by atoms with Crippen molar-refractivity contribution in [1.82, 2.24) is 0 Å². The van der Waals surface area contributed by atoms with Crippen LogP contribution >= 0.6 is 27.5 Å². The highest BCUT2D eigenvalue weighted by Crippen LogP contribution is 2.32. The summed E-state index contributed by atoms with van der Waals surface area (Å²) in [5.41, 5.74) is 6.28. The predicted octanol–water partition coefficient (Wildman–Crippen LogP) is 4.54. The van der Waals surface area contributed by atoms with Crippen molar-refractivity contribution in [3.8, 4) is 11.5 Å². The molecule has 2 N–H and O–H groups in total. The molecule has 19 heavy (non-hydrogen) atoms. The molecular formula is C14H12BrClFNO. The SMILES string of the molecule is NCCc1cc(F)cc(Oc2ccc(Cl)cc2Br)c1. The lowest BCUT2D eigenvalue weighted by atomic mass is 10.1. The zero-order valence-electron chi connectivity index (χ0n) is 10.00. The molecule has 0 saturated carbocycles. The Morgan fingerprint density at radius 3 is 2.68 bits per heavy atom. The standard InChI is InChI=1S/C14H12BrClFNO/c15-13-7-10(16)1-2-14(13)19-12-6-9(3-4-18)5-11(17)8-12/h1-2,5-8H,3-4,18H2. The number of benzene rings is 2. The van der Waals surface area contributed by atoms with Crippen molar-refractivity contribution in [2.24, 2.45) is 5.73 Å². The number of halogens is 3. The highest BCUT2D eigenvalue weighted by atomic mass is 79.9. The first-order valence-corrected chi connectivity index (χ1v) is 6.88. The summed E-state index contributed by atoms with van der Waals surface area (Å²) in [5.74, 6) is 0.672. The highest BCUT2D eigenvalue weighted by molar-refractivity contribution is 9.10. The lowest BCUT2D eigenvalue weighted by molar-refractivity contribution is 0.473. The molecule has 2 nitrogen and oxygen atoms in total. The van der Waals surface area contributed by atoms with E-state index in [0.717, 1.165) is 5.56 Å².